The molecule has 0 aliphatic carbocycles. The Balaban J connectivity index is 1.61. The molecule has 0 unspecified atom stereocenters. The lowest BCUT2D eigenvalue weighted by molar-refractivity contribution is 0.0973. The van der Waals surface area contributed by atoms with Crippen molar-refractivity contribution in [2.24, 2.45) is 0 Å². The van der Waals surface area contributed by atoms with E-state index in [0.29, 0.717) is 28.1 Å². The summed E-state index contributed by atoms with van der Waals surface area (Å²) >= 11 is 5.93. The molecule has 0 spiro atoms. The van der Waals surface area contributed by atoms with Crippen molar-refractivity contribution in [2.75, 3.05) is 13.1 Å². The van der Waals surface area contributed by atoms with Crippen LogP contribution in [0.25, 0.3) is 0 Å². The van der Waals surface area contributed by atoms with Crippen LogP contribution in [0.3, 0.4) is 0 Å². The van der Waals surface area contributed by atoms with Crippen LogP contribution in [0.5, 0.6) is 5.75 Å². The molecule has 3 N–H and O–H groups in total. The Hall–Kier alpha value is -3.35. The Bertz CT molecular complexity index is 1050. The normalized spacial score (nSPS) is 11.7. The van der Waals surface area contributed by atoms with Crippen molar-refractivity contribution in [2.45, 2.75) is 12.5 Å². The van der Waals surface area contributed by atoms with Gasteiger partial charge in [0.1, 0.15) is 5.75 Å². The third-order valence-corrected chi connectivity index (χ3v) is 5.15. The second-order valence-electron chi connectivity index (χ2n) is 7.12. The fourth-order valence-electron chi connectivity index (χ4n) is 3.16. The Morgan fingerprint density at radius 1 is 0.935 bits per heavy atom. The molecule has 3 aromatic rings. The number of carbonyl (C=O) groups excluding carboxylic acids is 1. The van der Waals surface area contributed by atoms with Crippen LogP contribution >= 0.6 is 11.6 Å². The summed E-state index contributed by atoms with van der Waals surface area (Å²) in [5.74, 6) is -0.0706. The highest BCUT2D eigenvalue weighted by molar-refractivity contribution is 6.30. The van der Waals surface area contributed by atoms with Crippen LogP contribution in [0.4, 0.5) is 4.79 Å². The van der Waals surface area contributed by atoms with Gasteiger partial charge in [0, 0.05) is 22.7 Å². The molecular weight excluding hydrogens is 418 g/mol. The van der Waals surface area contributed by atoms with Gasteiger partial charge < -0.3 is 20.2 Å². The van der Waals surface area contributed by atoms with Crippen LogP contribution in [0.1, 0.15) is 33.2 Å². The molecule has 3 rings (SSSR count). The van der Waals surface area contributed by atoms with Gasteiger partial charge in [-0.25, -0.2) is 4.79 Å². The maximum Gasteiger partial charge on any atom is 0.407 e. The molecule has 0 bridgehead atoms. The first-order valence-electron chi connectivity index (χ1n) is 9.67. The van der Waals surface area contributed by atoms with Crippen LogP contribution in [-0.2, 0) is 6.42 Å². The number of nitrogens with zero attached hydrogens (tertiary/aromatic N) is 1. The van der Waals surface area contributed by atoms with Gasteiger partial charge >= 0.3 is 6.09 Å². The fraction of sp³-hybridized carbons (Fsp3) is 0.167. The standard InChI is InChI=1S/C24H22ClNO5/c25-20-3-1-2-19(14-20)22(28)15-26(24(30)31)13-12-16-4-6-17(7-5-16)23(29)18-8-10-21(27)11-9-18/h1-11,14,22,27-28H,12-13,15H2,(H,30,31)/t22-/m1/s1. The van der Waals surface area contributed by atoms with Crippen molar-refractivity contribution in [3.05, 3.63) is 100 Å². The lowest BCUT2D eigenvalue weighted by Crippen LogP contribution is -2.35. The number of halogens is 1. The third-order valence-electron chi connectivity index (χ3n) is 4.91. The number of carbonyl (C=O) groups is 2. The summed E-state index contributed by atoms with van der Waals surface area (Å²) in [4.78, 5) is 25.3. The topological polar surface area (TPSA) is 98.1 Å². The number of phenols is 1. The van der Waals surface area contributed by atoms with Crippen LogP contribution in [0.15, 0.2) is 72.8 Å². The molecule has 0 radical (unpaired) electrons. The van der Waals surface area contributed by atoms with E-state index in [1.54, 1.807) is 60.7 Å². The summed E-state index contributed by atoms with van der Waals surface area (Å²) in [6, 6.07) is 19.7. The van der Waals surface area contributed by atoms with Crippen molar-refractivity contribution in [1.29, 1.82) is 0 Å². The van der Waals surface area contributed by atoms with E-state index in [0.717, 1.165) is 10.5 Å². The first-order valence-corrected chi connectivity index (χ1v) is 10.1. The molecule has 0 aliphatic rings. The second-order valence-corrected chi connectivity index (χ2v) is 7.56. The SMILES string of the molecule is O=C(c1ccc(O)cc1)c1ccc(CCN(C[C@@H](O)c2cccc(Cl)c2)C(=O)O)cc1. The molecule has 0 aliphatic heterocycles. The van der Waals surface area contributed by atoms with Gasteiger partial charge in [-0.2, -0.15) is 0 Å². The maximum absolute atomic E-state index is 12.5. The number of benzene rings is 3. The molecular formula is C24H22ClNO5. The van der Waals surface area contributed by atoms with E-state index in [1.807, 2.05) is 0 Å². The van der Waals surface area contributed by atoms with Crippen molar-refractivity contribution >= 4 is 23.5 Å². The van der Waals surface area contributed by atoms with Gasteiger partial charge in [-0.1, -0.05) is 48.0 Å². The minimum atomic E-state index is -1.12. The number of rotatable bonds is 8. The van der Waals surface area contributed by atoms with E-state index in [4.69, 9.17) is 11.6 Å². The predicted molar refractivity (Wildman–Crippen MR) is 118 cm³/mol. The van der Waals surface area contributed by atoms with E-state index < -0.39 is 12.2 Å². The van der Waals surface area contributed by atoms with Crippen LogP contribution in [0.2, 0.25) is 5.02 Å². The number of amides is 1. The molecule has 1 atom stereocenters. The molecule has 0 saturated heterocycles. The predicted octanol–water partition coefficient (Wildman–Crippen LogP) is 4.53. The fourth-order valence-corrected chi connectivity index (χ4v) is 3.36. The van der Waals surface area contributed by atoms with Gasteiger partial charge in [0.05, 0.1) is 12.6 Å². The van der Waals surface area contributed by atoms with Gasteiger partial charge in [0.25, 0.3) is 0 Å². The Morgan fingerprint density at radius 3 is 2.13 bits per heavy atom. The van der Waals surface area contributed by atoms with Crippen LogP contribution in [-0.4, -0.2) is 45.2 Å². The molecule has 0 heterocycles. The lowest BCUT2D eigenvalue weighted by atomic mass is 10.0. The Kier molecular flexibility index (Phi) is 7.28. The number of phenolic OH excluding ortho intramolecular Hbond substituents is 1. The van der Waals surface area contributed by atoms with Crippen molar-refractivity contribution in [3.63, 3.8) is 0 Å². The van der Waals surface area contributed by atoms with E-state index in [2.05, 4.69) is 0 Å². The number of aliphatic hydroxyl groups is 1. The zero-order valence-corrected chi connectivity index (χ0v) is 17.4. The van der Waals surface area contributed by atoms with Crippen LogP contribution < -0.4 is 0 Å². The summed E-state index contributed by atoms with van der Waals surface area (Å²) in [5.41, 5.74) is 2.39. The first kappa shape index (κ1) is 22.3. The zero-order chi connectivity index (χ0) is 22.4. The zero-order valence-electron chi connectivity index (χ0n) is 16.6. The highest BCUT2D eigenvalue weighted by Crippen LogP contribution is 2.19. The van der Waals surface area contributed by atoms with Crippen molar-refractivity contribution < 1.29 is 24.9 Å². The van der Waals surface area contributed by atoms with E-state index in [9.17, 15) is 24.9 Å². The number of aromatic hydroxyl groups is 1. The van der Waals surface area contributed by atoms with Crippen LogP contribution in [0, 0.1) is 0 Å². The quantitative estimate of drug-likeness (QED) is 0.448. The largest absolute Gasteiger partial charge is 0.508 e. The summed E-state index contributed by atoms with van der Waals surface area (Å²) in [6.07, 6.45) is -1.68. The van der Waals surface area contributed by atoms with Gasteiger partial charge in [0.15, 0.2) is 5.78 Å². The average molecular weight is 440 g/mol. The van der Waals surface area contributed by atoms with Gasteiger partial charge in [-0.05, 0) is 53.9 Å². The van der Waals surface area contributed by atoms with E-state index >= 15 is 0 Å². The second kappa shape index (κ2) is 10.1. The van der Waals surface area contributed by atoms with Crippen molar-refractivity contribution in [3.8, 4) is 5.75 Å². The van der Waals surface area contributed by atoms with Gasteiger partial charge in [0.2, 0.25) is 0 Å². The monoisotopic (exact) mass is 439 g/mol. The minimum Gasteiger partial charge on any atom is -0.508 e. The molecule has 3 aromatic carbocycles. The minimum absolute atomic E-state index is 0.0763. The molecule has 0 aromatic heterocycles. The average Bonchev–Trinajstić information content (AvgIpc) is 2.76. The lowest BCUT2D eigenvalue weighted by Gasteiger charge is -2.23. The molecule has 160 valence electrons. The molecule has 1 amide bonds. The molecule has 0 fully saturated rings. The first-order chi connectivity index (χ1) is 14.8. The third kappa shape index (κ3) is 6.07. The maximum atomic E-state index is 12.5. The van der Waals surface area contributed by atoms with E-state index in [1.165, 1.54) is 12.1 Å². The van der Waals surface area contributed by atoms with E-state index in [-0.39, 0.29) is 24.6 Å². The number of carboxylic acid groups (broad SMARTS) is 1. The van der Waals surface area contributed by atoms with Crippen molar-refractivity contribution in [1.82, 2.24) is 4.90 Å². The van der Waals surface area contributed by atoms with Gasteiger partial charge in [-0.15, -0.1) is 0 Å². The summed E-state index contributed by atoms with van der Waals surface area (Å²) < 4.78 is 0. The number of hydrogen-bond donors (Lipinski definition) is 3. The summed E-state index contributed by atoms with van der Waals surface area (Å²) in [6.45, 7) is 0.116. The molecule has 7 heteroatoms. The summed E-state index contributed by atoms with van der Waals surface area (Å²) in [5, 5.41) is 29.7. The number of ketones is 1. The molecule has 31 heavy (non-hydrogen) atoms. The Labute approximate surface area is 185 Å². The number of hydrogen-bond acceptors (Lipinski definition) is 4. The highest BCUT2D eigenvalue weighted by Gasteiger charge is 2.18. The molecule has 6 nitrogen and oxygen atoms in total. The number of aliphatic hydroxyl groups excluding tert-OH is 1. The van der Waals surface area contributed by atoms with Gasteiger partial charge in [-0.3, -0.25) is 4.79 Å². The molecule has 0 saturated carbocycles. The summed E-state index contributed by atoms with van der Waals surface area (Å²) in [7, 11) is 0. The highest BCUT2D eigenvalue weighted by atomic mass is 35.5. The Morgan fingerprint density at radius 2 is 1.55 bits per heavy atom. The smallest absolute Gasteiger partial charge is 0.407 e.